The van der Waals surface area contributed by atoms with E-state index in [1.807, 2.05) is 42.5 Å². The number of carbonyl (C=O) groups is 2. The molecule has 0 bridgehead atoms. The van der Waals surface area contributed by atoms with Crippen LogP contribution in [-0.2, 0) is 11.2 Å². The van der Waals surface area contributed by atoms with E-state index >= 15 is 0 Å². The second kappa shape index (κ2) is 11.5. The van der Waals surface area contributed by atoms with Gasteiger partial charge in [-0.2, -0.15) is 0 Å². The molecule has 0 saturated carbocycles. The summed E-state index contributed by atoms with van der Waals surface area (Å²) in [5.41, 5.74) is 2.94. The molecule has 1 aliphatic rings. The largest absolute Gasteiger partial charge is 0.480 e. The van der Waals surface area contributed by atoms with Crippen LogP contribution in [0.1, 0.15) is 34.5 Å². The Morgan fingerprint density at radius 1 is 1.03 bits per heavy atom. The van der Waals surface area contributed by atoms with Crippen LogP contribution in [-0.4, -0.2) is 52.6 Å². The Kier molecular flexibility index (Phi) is 7.92. The zero-order valence-electron chi connectivity index (χ0n) is 19.9. The minimum Gasteiger partial charge on any atom is -0.480 e. The smallest absolute Gasteiger partial charge is 0.326 e. The highest BCUT2D eigenvalue weighted by molar-refractivity contribution is 5.97. The van der Waals surface area contributed by atoms with E-state index < -0.39 is 17.9 Å². The number of piperidine rings is 1. The highest BCUT2D eigenvalue weighted by Crippen LogP contribution is 2.24. The number of aliphatic carboxylic acids is 1. The molecule has 1 amide bonds. The van der Waals surface area contributed by atoms with E-state index in [9.17, 15) is 14.7 Å². The van der Waals surface area contributed by atoms with E-state index in [1.54, 1.807) is 31.5 Å². The molecule has 8 heteroatoms. The van der Waals surface area contributed by atoms with Crippen molar-refractivity contribution in [3.8, 4) is 0 Å². The first-order valence-electron chi connectivity index (χ1n) is 11.9. The number of carbonyl (C=O) groups excluding carboxylic acids is 1. The quantitative estimate of drug-likeness (QED) is 0.436. The molecule has 182 valence electrons. The van der Waals surface area contributed by atoms with Gasteiger partial charge in [0.05, 0.1) is 5.56 Å². The van der Waals surface area contributed by atoms with Gasteiger partial charge >= 0.3 is 5.97 Å². The Hall–Kier alpha value is -3.94. The maximum Gasteiger partial charge on any atom is 0.326 e. The van der Waals surface area contributed by atoms with Crippen LogP contribution in [0.3, 0.4) is 0 Å². The van der Waals surface area contributed by atoms with Gasteiger partial charge in [0, 0.05) is 49.8 Å². The molecule has 3 heterocycles. The Morgan fingerprint density at radius 3 is 2.43 bits per heavy atom. The number of anilines is 2. The number of carboxylic acids is 1. The summed E-state index contributed by atoms with van der Waals surface area (Å²) in [5.74, 6) is 0.0261. The summed E-state index contributed by atoms with van der Waals surface area (Å²) in [7, 11) is 0. The van der Waals surface area contributed by atoms with Crippen molar-refractivity contribution in [2.24, 2.45) is 5.92 Å². The van der Waals surface area contributed by atoms with Crippen LogP contribution in [0, 0.1) is 12.8 Å². The zero-order chi connectivity index (χ0) is 24.6. The molecule has 3 N–H and O–H groups in total. The fraction of sp³-hybridized carbons (Fsp3) is 0.333. The lowest BCUT2D eigenvalue weighted by Crippen LogP contribution is -2.42. The summed E-state index contributed by atoms with van der Waals surface area (Å²) < 4.78 is 0. The van der Waals surface area contributed by atoms with E-state index in [4.69, 9.17) is 0 Å². The molecule has 35 heavy (non-hydrogen) atoms. The maximum atomic E-state index is 12.6. The van der Waals surface area contributed by atoms with Crippen molar-refractivity contribution in [2.75, 3.05) is 29.9 Å². The SMILES string of the molecule is Cc1ncccc1C(=O)N[C@@H](Cc1ccc(N2CCC(CNc3ccccn3)CC2)cc1)C(=O)O. The minimum absolute atomic E-state index is 0.210. The van der Waals surface area contributed by atoms with Crippen LogP contribution in [0.4, 0.5) is 11.5 Å². The van der Waals surface area contributed by atoms with E-state index in [1.165, 1.54) is 0 Å². The number of amides is 1. The van der Waals surface area contributed by atoms with E-state index in [-0.39, 0.29) is 6.42 Å². The molecule has 4 rings (SSSR count). The number of hydrogen-bond acceptors (Lipinski definition) is 6. The Morgan fingerprint density at radius 2 is 1.77 bits per heavy atom. The first-order valence-corrected chi connectivity index (χ1v) is 11.9. The average Bonchev–Trinajstić information content (AvgIpc) is 2.88. The van der Waals surface area contributed by atoms with Crippen LogP contribution in [0.25, 0.3) is 0 Å². The third kappa shape index (κ3) is 6.56. The lowest BCUT2D eigenvalue weighted by atomic mass is 9.96. The summed E-state index contributed by atoms with van der Waals surface area (Å²) in [6.07, 6.45) is 5.81. The number of carboxylic acid groups (broad SMARTS) is 1. The number of benzene rings is 1. The van der Waals surface area contributed by atoms with Crippen molar-refractivity contribution in [1.82, 2.24) is 15.3 Å². The molecule has 0 unspecified atom stereocenters. The Bertz CT molecular complexity index is 1130. The van der Waals surface area contributed by atoms with Gasteiger partial charge in [0.2, 0.25) is 0 Å². The number of rotatable bonds is 9. The molecule has 3 aromatic rings. The predicted molar refractivity (Wildman–Crippen MR) is 136 cm³/mol. The molecule has 1 saturated heterocycles. The third-order valence-corrected chi connectivity index (χ3v) is 6.45. The van der Waals surface area contributed by atoms with Crippen molar-refractivity contribution < 1.29 is 14.7 Å². The maximum absolute atomic E-state index is 12.6. The number of aromatic nitrogens is 2. The van der Waals surface area contributed by atoms with Crippen molar-refractivity contribution in [3.63, 3.8) is 0 Å². The lowest BCUT2D eigenvalue weighted by molar-refractivity contribution is -0.139. The van der Waals surface area contributed by atoms with Crippen molar-refractivity contribution in [2.45, 2.75) is 32.2 Å². The summed E-state index contributed by atoms with van der Waals surface area (Å²) in [6.45, 7) is 4.60. The lowest BCUT2D eigenvalue weighted by Gasteiger charge is -2.34. The van der Waals surface area contributed by atoms with Crippen molar-refractivity contribution in [3.05, 3.63) is 83.8 Å². The number of pyridine rings is 2. The molecular weight excluding hydrogens is 442 g/mol. The fourth-order valence-corrected chi connectivity index (χ4v) is 4.35. The first kappa shape index (κ1) is 24.2. The average molecular weight is 474 g/mol. The molecule has 1 fully saturated rings. The highest BCUT2D eigenvalue weighted by Gasteiger charge is 2.23. The summed E-state index contributed by atoms with van der Waals surface area (Å²) in [4.78, 5) is 35.1. The van der Waals surface area contributed by atoms with Gasteiger partial charge in [-0.3, -0.25) is 9.78 Å². The number of nitrogens with zero attached hydrogens (tertiary/aromatic N) is 3. The summed E-state index contributed by atoms with van der Waals surface area (Å²) in [5, 5.41) is 15.7. The fourth-order valence-electron chi connectivity index (χ4n) is 4.35. The zero-order valence-corrected chi connectivity index (χ0v) is 19.9. The van der Waals surface area contributed by atoms with Gasteiger partial charge in [-0.15, -0.1) is 0 Å². The van der Waals surface area contributed by atoms with Gasteiger partial charge < -0.3 is 20.6 Å². The topological polar surface area (TPSA) is 107 Å². The standard InChI is InChI=1S/C27H31N5O3/c1-19-23(5-4-14-28-19)26(33)31-24(27(34)35)17-20-7-9-22(10-8-20)32-15-11-21(12-16-32)18-30-25-6-2-3-13-29-25/h2-10,13-14,21,24H,11-12,15-18H2,1H3,(H,29,30)(H,31,33)(H,34,35)/t24-/m0/s1. The molecule has 1 aliphatic heterocycles. The normalized spacial score (nSPS) is 14.8. The third-order valence-electron chi connectivity index (χ3n) is 6.45. The van der Waals surface area contributed by atoms with E-state index in [0.717, 1.165) is 49.5 Å². The monoisotopic (exact) mass is 473 g/mol. The van der Waals surface area contributed by atoms with Crippen molar-refractivity contribution >= 4 is 23.4 Å². The van der Waals surface area contributed by atoms with Gasteiger partial charge in [0.15, 0.2) is 0 Å². The van der Waals surface area contributed by atoms with Gasteiger partial charge in [-0.25, -0.2) is 9.78 Å². The molecule has 2 aromatic heterocycles. The molecule has 0 radical (unpaired) electrons. The Labute approximate surface area is 205 Å². The summed E-state index contributed by atoms with van der Waals surface area (Å²) >= 11 is 0. The van der Waals surface area contributed by atoms with Crippen LogP contribution < -0.4 is 15.5 Å². The van der Waals surface area contributed by atoms with Gasteiger partial charge in [-0.1, -0.05) is 18.2 Å². The van der Waals surface area contributed by atoms with Crippen LogP contribution in [0.2, 0.25) is 0 Å². The second-order valence-corrected chi connectivity index (χ2v) is 8.90. The number of nitrogens with one attached hydrogen (secondary N) is 2. The predicted octanol–water partition coefficient (Wildman–Crippen LogP) is 3.54. The van der Waals surface area contributed by atoms with Crippen LogP contribution in [0.5, 0.6) is 0 Å². The van der Waals surface area contributed by atoms with Gasteiger partial charge in [-0.05, 0) is 67.6 Å². The Balaban J connectivity index is 1.29. The number of hydrogen-bond donors (Lipinski definition) is 3. The molecule has 8 nitrogen and oxygen atoms in total. The minimum atomic E-state index is -1.06. The molecule has 0 aliphatic carbocycles. The van der Waals surface area contributed by atoms with Gasteiger partial charge in [0.1, 0.15) is 11.9 Å². The van der Waals surface area contributed by atoms with E-state index in [2.05, 4.69) is 25.5 Å². The highest BCUT2D eigenvalue weighted by atomic mass is 16.4. The first-order chi connectivity index (χ1) is 17.0. The van der Waals surface area contributed by atoms with Crippen LogP contribution in [0.15, 0.2) is 67.0 Å². The number of aryl methyl sites for hydroxylation is 1. The molecule has 1 aromatic carbocycles. The van der Waals surface area contributed by atoms with Gasteiger partial charge in [0.25, 0.3) is 5.91 Å². The van der Waals surface area contributed by atoms with Crippen molar-refractivity contribution in [1.29, 1.82) is 0 Å². The summed E-state index contributed by atoms with van der Waals surface area (Å²) in [6, 6.07) is 16.1. The van der Waals surface area contributed by atoms with Crippen LogP contribution >= 0.6 is 0 Å². The molecule has 1 atom stereocenters. The second-order valence-electron chi connectivity index (χ2n) is 8.90. The van der Waals surface area contributed by atoms with E-state index in [0.29, 0.717) is 17.2 Å². The molecular formula is C27H31N5O3. The molecule has 0 spiro atoms.